The van der Waals surface area contributed by atoms with Crippen LogP contribution in [0.2, 0.25) is 10.0 Å². The van der Waals surface area contributed by atoms with Crippen molar-refractivity contribution >= 4 is 54.1 Å². The number of hydrogen-bond acceptors (Lipinski definition) is 7. The molecule has 1 aromatic carbocycles. The summed E-state index contributed by atoms with van der Waals surface area (Å²) in [5.74, 6) is -3.06. The van der Waals surface area contributed by atoms with Gasteiger partial charge in [0.25, 0.3) is 11.9 Å². The molecule has 1 rings (SSSR count). The minimum absolute atomic E-state index is 0.0172. The van der Waals surface area contributed by atoms with E-state index in [2.05, 4.69) is 10.6 Å². The summed E-state index contributed by atoms with van der Waals surface area (Å²) < 4.78 is 10.8. The van der Waals surface area contributed by atoms with Crippen molar-refractivity contribution in [1.82, 2.24) is 15.5 Å². The van der Waals surface area contributed by atoms with Crippen molar-refractivity contribution in [3.05, 3.63) is 33.8 Å². The number of rotatable bonds is 13. The van der Waals surface area contributed by atoms with Gasteiger partial charge in [0.05, 0.1) is 29.6 Å². The van der Waals surface area contributed by atoms with Crippen molar-refractivity contribution in [2.45, 2.75) is 59.4 Å². The number of carbonyl (C=O) groups is 4. The van der Waals surface area contributed by atoms with E-state index in [0.29, 0.717) is 11.4 Å². The van der Waals surface area contributed by atoms with Crippen LogP contribution in [0.1, 0.15) is 57.8 Å². The van der Waals surface area contributed by atoms with Gasteiger partial charge in [0, 0.05) is 17.5 Å². The third-order valence-corrected chi connectivity index (χ3v) is 5.59. The zero-order valence-corrected chi connectivity index (χ0v) is 22.5. The molecule has 194 valence electrons. The molecule has 0 fully saturated rings. The Morgan fingerprint density at radius 1 is 1.06 bits per heavy atom. The Balaban J connectivity index is 2.93. The van der Waals surface area contributed by atoms with Crippen LogP contribution >= 0.6 is 23.2 Å². The van der Waals surface area contributed by atoms with Crippen LogP contribution < -0.4 is 10.6 Å². The van der Waals surface area contributed by atoms with Crippen LogP contribution in [-0.4, -0.2) is 67.9 Å². The van der Waals surface area contributed by atoms with Crippen LogP contribution in [0.3, 0.4) is 0 Å². The molecule has 0 aliphatic rings. The average molecular weight is 530 g/mol. The van der Waals surface area contributed by atoms with Gasteiger partial charge in [0.2, 0.25) is 5.91 Å². The second-order valence-electron chi connectivity index (χ2n) is 8.82. The average Bonchev–Trinajstić information content (AvgIpc) is 2.77. The first-order valence-electron chi connectivity index (χ1n) is 11.5. The summed E-state index contributed by atoms with van der Waals surface area (Å²) in [4.78, 5) is 51.4. The van der Waals surface area contributed by atoms with Crippen molar-refractivity contribution in [2.75, 3.05) is 20.1 Å². The largest absolute Gasteiger partial charge is 0.622 e. The summed E-state index contributed by atoms with van der Waals surface area (Å²) >= 11 is 12.0. The maximum atomic E-state index is 12.7. The lowest BCUT2D eigenvalue weighted by molar-refractivity contribution is -0.141. The van der Waals surface area contributed by atoms with Gasteiger partial charge in [-0.05, 0) is 51.4 Å². The predicted octanol–water partition coefficient (Wildman–Crippen LogP) is 3.12. The minimum atomic E-state index is -1.32. The minimum Gasteiger partial charge on any atom is -0.498 e. The normalized spacial score (nSPS) is 11.9. The number of nitrogens with zero attached hydrogens (tertiary/aromatic N) is 1. The quantitative estimate of drug-likeness (QED) is 0.377. The fourth-order valence-electron chi connectivity index (χ4n) is 2.89. The van der Waals surface area contributed by atoms with Crippen LogP contribution in [0.15, 0.2) is 18.2 Å². The number of hydrogen-bond donors (Lipinski definition) is 2. The van der Waals surface area contributed by atoms with Gasteiger partial charge < -0.3 is 19.9 Å². The maximum absolute atomic E-state index is 12.7. The SMILES string of the molecule is CCC(=O)OB(OC(=O)CN(C)C(C)C)[C@H](CC(C)C)NC(=O)CNC(=O)c1cc(Cl)ccc1Cl. The first kappa shape index (κ1) is 30.7. The summed E-state index contributed by atoms with van der Waals surface area (Å²) in [7, 11) is 0.446. The number of amides is 2. The van der Waals surface area contributed by atoms with Crippen LogP contribution in [0.5, 0.6) is 0 Å². The van der Waals surface area contributed by atoms with Gasteiger partial charge >= 0.3 is 13.1 Å². The highest BCUT2D eigenvalue weighted by molar-refractivity contribution is 6.51. The summed E-state index contributed by atoms with van der Waals surface area (Å²) in [5.41, 5.74) is 0.128. The van der Waals surface area contributed by atoms with Crippen molar-refractivity contribution < 1.29 is 28.5 Å². The standard InChI is InChI=1S/C23H34BCl2N3O6/c1-7-21(31)34-24(35-22(32)13-29(6)15(4)5)19(10-14(2)3)28-20(30)12-27-23(33)17-11-16(25)8-9-18(17)26/h8-9,11,14-15,19H,7,10,12-13H2,1-6H3,(H,27,33)(H,28,30)/t19-/m0/s1. The van der Waals surface area contributed by atoms with E-state index >= 15 is 0 Å². The number of carbonyl (C=O) groups excluding carboxylic acids is 4. The highest BCUT2D eigenvalue weighted by atomic mass is 35.5. The molecular weight excluding hydrogens is 496 g/mol. The smallest absolute Gasteiger partial charge is 0.498 e. The first-order valence-corrected chi connectivity index (χ1v) is 12.2. The fraction of sp³-hybridized carbons (Fsp3) is 0.565. The third-order valence-electron chi connectivity index (χ3n) is 5.03. The van der Waals surface area contributed by atoms with Crippen LogP contribution in [0.4, 0.5) is 0 Å². The zero-order chi connectivity index (χ0) is 26.7. The molecule has 1 aromatic rings. The monoisotopic (exact) mass is 529 g/mol. The van der Waals surface area contributed by atoms with E-state index in [0.717, 1.165) is 0 Å². The summed E-state index contributed by atoms with van der Waals surface area (Å²) in [6, 6.07) is 4.52. The Morgan fingerprint density at radius 3 is 2.26 bits per heavy atom. The Kier molecular flexibility index (Phi) is 13.1. The Morgan fingerprint density at radius 2 is 1.69 bits per heavy atom. The molecule has 12 heteroatoms. The zero-order valence-electron chi connectivity index (χ0n) is 21.0. The molecule has 0 aromatic heterocycles. The molecular formula is C23H34BCl2N3O6. The predicted molar refractivity (Wildman–Crippen MR) is 136 cm³/mol. The van der Waals surface area contributed by atoms with Gasteiger partial charge in [-0.3, -0.25) is 24.1 Å². The maximum Gasteiger partial charge on any atom is 0.622 e. The van der Waals surface area contributed by atoms with Crippen molar-refractivity contribution in [3.8, 4) is 0 Å². The Bertz CT molecular complexity index is 900. The third kappa shape index (κ3) is 11.3. The Hall–Kier alpha value is -2.30. The molecule has 9 nitrogen and oxygen atoms in total. The van der Waals surface area contributed by atoms with Gasteiger partial charge in [0.15, 0.2) is 0 Å². The van der Waals surface area contributed by atoms with Crippen LogP contribution in [-0.2, 0) is 23.7 Å². The number of halogens is 2. The van der Waals surface area contributed by atoms with Crippen molar-refractivity contribution in [1.29, 1.82) is 0 Å². The lowest BCUT2D eigenvalue weighted by Gasteiger charge is -2.26. The van der Waals surface area contributed by atoms with Gasteiger partial charge in [0.1, 0.15) is 0 Å². The second-order valence-corrected chi connectivity index (χ2v) is 9.66. The first-order chi connectivity index (χ1) is 16.3. The number of benzene rings is 1. The molecule has 2 N–H and O–H groups in total. The molecule has 35 heavy (non-hydrogen) atoms. The molecule has 0 saturated carbocycles. The fourth-order valence-corrected chi connectivity index (χ4v) is 3.26. The number of likely N-dealkylation sites (N-methyl/N-ethyl adjacent to an activating group) is 1. The molecule has 0 radical (unpaired) electrons. The van der Waals surface area contributed by atoms with Gasteiger partial charge in [-0.25, -0.2) is 0 Å². The molecule has 0 bridgehead atoms. The Labute approximate surface area is 217 Å². The lowest BCUT2D eigenvalue weighted by atomic mass is 9.73. The van der Waals surface area contributed by atoms with E-state index in [4.69, 9.17) is 32.5 Å². The molecule has 0 aliphatic carbocycles. The molecule has 0 saturated heterocycles. The van der Waals surface area contributed by atoms with Gasteiger partial charge in [-0.15, -0.1) is 0 Å². The van der Waals surface area contributed by atoms with Crippen molar-refractivity contribution in [3.63, 3.8) is 0 Å². The van der Waals surface area contributed by atoms with E-state index in [1.54, 1.807) is 24.9 Å². The van der Waals surface area contributed by atoms with E-state index in [9.17, 15) is 19.2 Å². The summed E-state index contributed by atoms with van der Waals surface area (Å²) in [6.07, 6.45) is 0.424. The topological polar surface area (TPSA) is 114 Å². The summed E-state index contributed by atoms with van der Waals surface area (Å²) in [5, 5.41) is 5.71. The van der Waals surface area contributed by atoms with E-state index in [1.165, 1.54) is 12.1 Å². The highest BCUT2D eigenvalue weighted by Crippen LogP contribution is 2.20. The van der Waals surface area contributed by atoms with E-state index in [1.807, 2.05) is 27.7 Å². The molecule has 1 atom stereocenters. The molecule has 0 heterocycles. The van der Waals surface area contributed by atoms with E-state index in [-0.39, 0.29) is 42.1 Å². The van der Waals surface area contributed by atoms with Gasteiger partial charge in [-0.2, -0.15) is 0 Å². The van der Waals surface area contributed by atoms with E-state index < -0.39 is 36.8 Å². The van der Waals surface area contributed by atoms with Crippen LogP contribution in [0.25, 0.3) is 0 Å². The highest BCUT2D eigenvalue weighted by Gasteiger charge is 2.39. The van der Waals surface area contributed by atoms with Gasteiger partial charge in [-0.1, -0.05) is 44.0 Å². The second kappa shape index (κ2) is 15.0. The summed E-state index contributed by atoms with van der Waals surface area (Å²) in [6.45, 7) is 8.89. The lowest BCUT2D eigenvalue weighted by Crippen LogP contribution is -2.54. The molecule has 0 aliphatic heterocycles. The number of nitrogens with one attached hydrogen (secondary N) is 2. The molecule has 0 unspecified atom stereocenters. The molecule has 2 amide bonds. The van der Waals surface area contributed by atoms with Crippen molar-refractivity contribution in [2.24, 2.45) is 5.92 Å². The van der Waals surface area contributed by atoms with Crippen LogP contribution in [0, 0.1) is 5.92 Å². The molecule has 0 spiro atoms.